The number of rotatable bonds is 5. The van der Waals surface area contributed by atoms with Crippen LogP contribution in [0.4, 0.5) is 5.69 Å². The molecule has 0 aliphatic carbocycles. The molecular weight excluding hydrogens is 399 g/mol. The lowest BCUT2D eigenvalue weighted by Gasteiger charge is -2.15. The van der Waals surface area contributed by atoms with E-state index >= 15 is 0 Å². The van der Waals surface area contributed by atoms with Crippen molar-refractivity contribution < 1.29 is 19.4 Å². The van der Waals surface area contributed by atoms with Gasteiger partial charge in [-0.3, -0.25) is 4.79 Å². The zero-order chi connectivity index (χ0) is 16.3. The fourth-order valence-electron chi connectivity index (χ4n) is 2.21. The molecule has 1 aromatic rings. The van der Waals surface area contributed by atoms with Crippen LogP contribution in [0.5, 0.6) is 0 Å². The van der Waals surface area contributed by atoms with E-state index in [1.54, 1.807) is 0 Å². The summed E-state index contributed by atoms with van der Waals surface area (Å²) in [7, 11) is 1.28. The van der Waals surface area contributed by atoms with Crippen molar-refractivity contribution in [3.05, 3.63) is 38.6 Å². The van der Waals surface area contributed by atoms with E-state index in [2.05, 4.69) is 27.9 Å². The average Bonchev–Trinajstić information content (AvgIpc) is 2.79. The predicted molar refractivity (Wildman–Crippen MR) is 90.2 cm³/mol. The molecular formula is C15H17IN2O4. The van der Waals surface area contributed by atoms with E-state index < -0.39 is 5.97 Å². The van der Waals surface area contributed by atoms with Crippen LogP contribution in [-0.4, -0.2) is 48.7 Å². The van der Waals surface area contributed by atoms with Crippen molar-refractivity contribution >= 4 is 40.2 Å². The highest BCUT2D eigenvalue weighted by Crippen LogP contribution is 2.26. The lowest BCUT2D eigenvalue weighted by molar-refractivity contribution is -0.136. The van der Waals surface area contributed by atoms with Gasteiger partial charge >= 0.3 is 5.97 Å². The van der Waals surface area contributed by atoms with Crippen LogP contribution < -0.4 is 5.32 Å². The Morgan fingerprint density at radius 3 is 2.82 bits per heavy atom. The lowest BCUT2D eigenvalue weighted by atomic mass is 10.2. The summed E-state index contributed by atoms with van der Waals surface area (Å²) in [4.78, 5) is 25.7. The Morgan fingerprint density at radius 2 is 2.23 bits per heavy atom. The number of hydrogen-bond donors (Lipinski definition) is 2. The number of amides is 1. The third-order valence-corrected chi connectivity index (χ3v) is 4.23. The Kier molecular flexibility index (Phi) is 5.41. The Balaban J connectivity index is 2.34. The molecule has 7 heteroatoms. The van der Waals surface area contributed by atoms with Gasteiger partial charge < -0.3 is 20.1 Å². The number of halogens is 1. The average molecular weight is 416 g/mol. The fourth-order valence-corrected chi connectivity index (χ4v) is 3.01. The van der Waals surface area contributed by atoms with Crippen molar-refractivity contribution in [2.24, 2.45) is 0 Å². The molecule has 0 aromatic heterocycles. The number of carbonyl (C=O) groups is 2. The minimum absolute atomic E-state index is 0.136. The van der Waals surface area contributed by atoms with Gasteiger partial charge in [0.25, 0.3) is 5.91 Å². The van der Waals surface area contributed by atoms with E-state index in [9.17, 15) is 9.59 Å². The van der Waals surface area contributed by atoms with Crippen molar-refractivity contribution in [3.63, 3.8) is 0 Å². The molecule has 0 radical (unpaired) electrons. The van der Waals surface area contributed by atoms with Crippen molar-refractivity contribution in [1.82, 2.24) is 4.90 Å². The smallest absolute Gasteiger partial charge is 0.337 e. The zero-order valence-electron chi connectivity index (χ0n) is 12.4. The molecule has 1 amide bonds. The van der Waals surface area contributed by atoms with Crippen LogP contribution >= 0.6 is 22.6 Å². The van der Waals surface area contributed by atoms with E-state index in [4.69, 9.17) is 9.84 Å². The van der Waals surface area contributed by atoms with Gasteiger partial charge in [-0.2, -0.15) is 0 Å². The molecule has 0 bridgehead atoms. The number of nitrogens with zero attached hydrogens (tertiary/aromatic N) is 1. The van der Waals surface area contributed by atoms with Gasteiger partial charge in [-0.05, 0) is 47.2 Å². The minimum Gasteiger partial charge on any atom is -0.466 e. The molecule has 0 spiro atoms. The van der Waals surface area contributed by atoms with Crippen LogP contribution in [0.1, 0.15) is 5.56 Å². The van der Waals surface area contributed by atoms with Crippen LogP contribution in [0.3, 0.4) is 0 Å². The number of aliphatic hydroxyl groups is 1. The molecule has 22 heavy (non-hydrogen) atoms. The van der Waals surface area contributed by atoms with Crippen molar-refractivity contribution in [1.29, 1.82) is 0 Å². The summed E-state index contributed by atoms with van der Waals surface area (Å²) in [5.74, 6) is -0.857. The number of aliphatic hydroxyl groups excluding tert-OH is 1. The third-order valence-electron chi connectivity index (χ3n) is 3.34. The normalized spacial score (nSPS) is 14.5. The fraction of sp³-hybridized carbons (Fsp3) is 0.333. The SMILES string of the molecule is COC(=O)C1=C(Nc2ccc(C)cc2I)C(=O)N(CCO)C1. The summed E-state index contributed by atoms with van der Waals surface area (Å²) in [6, 6.07) is 5.76. The number of ether oxygens (including phenoxy) is 1. The Labute approximate surface area is 142 Å². The summed E-state index contributed by atoms with van der Waals surface area (Å²) in [5.41, 5.74) is 2.35. The van der Waals surface area contributed by atoms with Crippen LogP contribution in [0.15, 0.2) is 29.5 Å². The van der Waals surface area contributed by atoms with Crippen molar-refractivity contribution in [2.45, 2.75) is 6.92 Å². The maximum Gasteiger partial charge on any atom is 0.337 e. The molecule has 1 heterocycles. The Morgan fingerprint density at radius 1 is 1.50 bits per heavy atom. The summed E-state index contributed by atoms with van der Waals surface area (Å²) in [6.45, 7) is 2.14. The summed E-state index contributed by atoms with van der Waals surface area (Å²) >= 11 is 2.17. The quantitative estimate of drug-likeness (QED) is 0.559. The molecule has 6 nitrogen and oxygen atoms in total. The van der Waals surface area contributed by atoms with Gasteiger partial charge in [0.2, 0.25) is 0 Å². The molecule has 1 aliphatic heterocycles. The van der Waals surface area contributed by atoms with Crippen molar-refractivity contribution in [2.75, 3.05) is 32.1 Å². The van der Waals surface area contributed by atoms with Gasteiger partial charge in [0.1, 0.15) is 5.70 Å². The van der Waals surface area contributed by atoms with Crippen molar-refractivity contribution in [3.8, 4) is 0 Å². The second kappa shape index (κ2) is 7.10. The van der Waals surface area contributed by atoms with Gasteiger partial charge in [0.15, 0.2) is 0 Å². The minimum atomic E-state index is -0.543. The van der Waals surface area contributed by atoms with Gasteiger partial charge in [-0.1, -0.05) is 6.07 Å². The molecule has 118 valence electrons. The number of anilines is 1. The molecule has 0 fully saturated rings. The van der Waals surface area contributed by atoms with Crippen LogP contribution in [-0.2, 0) is 14.3 Å². The number of methoxy groups -OCH3 is 1. The zero-order valence-corrected chi connectivity index (χ0v) is 14.5. The van der Waals surface area contributed by atoms with Gasteiger partial charge in [0.05, 0.1) is 31.5 Å². The molecule has 1 aliphatic rings. The lowest BCUT2D eigenvalue weighted by Crippen LogP contribution is -2.31. The molecule has 1 aromatic carbocycles. The summed E-state index contributed by atoms with van der Waals surface area (Å²) < 4.78 is 5.69. The highest BCUT2D eigenvalue weighted by molar-refractivity contribution is 14.1. The first-order chi connectivity index (χ1) is 10.5. The highest BCUT2D eigenvalue weighted by atomic mass is 127. The number of aryl methyl sites for hydroxylation is 1. The summed E-state index contributed by atoms with van der Waals surface area (Å²) in [5, 5.41) is 12.1. The van der Waals surface area contributed by atoms with E-state index in [1.165, 1.54) is 12.0 Å². The van der Waals surface area contributed by atoms with E-state index in [0.29, 0.717) is 0 Å². The Hall–Kier alpha value is -1.61. The molecule has 0 unspecified atom stereocenters. The molecule has 0 saturated heterocycles. The number of nitrogens with one attached hydrogen (secondary N) is 1. The van der Waals surface area contributed by atoms with E-state index in [1.807, 2.05) is 25.1 Å². The first-order valence-electron chi connectivity index (χ1n) is 6.72. The van der Waals surface area contributed by atoms with Crippen LogP contribution in [0.2, 0.25) is 0 Å². The monoisotopic (exact) mass is 416 g/mol. The number of hydrogen-bond acceptors (Lipinski definition) is 5. The highest BCUT2D eigenvalue weighted by Gasteiger charge is 2.34. The maximum atomic E-state index is 12.4. The molecule has 0 saturated carbocycles. The van der Waals surface area contributed by atoms with E-state index in [-0.39, 0.29) is 36.9 Å². The second-order valence-corrected chi connectivity index (χ2v) is 6.07. The number of carbonyl (C=O) groups excluding carboxylic acids is 2. The van der Waals surface area contributed by atoms with E-state index in [0.717, 1.165) is 14.8 Å². The number of benzene rings is 1. The summed E-state index contributed by atoms with van der Waals surface area (Å²) in [6.07, 6.45) is 0. The standard InChI is InChI=1S/C15H17IN2O4/c1-9-3-4-12(11(16)7-9)17-13-10(15(21)22-2)8-18(5-6-19)14(13)20/h3-4,7,17,19H,5-6,8H2,1-2H3. The number of β-amino-alcohol motifs (C(OH)–C–C–N with tert-alkyl or cyclic N) is 1. The topological polar surface area (TPSA) is 78.9 Å². The van der Waals surface area contributed by atoms with Crippen LogP contribution in [0, 0.1) is 10.5 Å². The predicted octanol–water partition coefficient (Wildman–Crippen LogP) is 1.27. The Bertz CT molecular complexity index is 642. The maximum absolute atomic E-state index is 12.4. The van der Waals surface area contributed by atoms with Gasteiger partial charge in [0, 0.05) is 10.1 Å². The van der Waals surface area contributed by atoms with Crippen LogP contribution in [0.25, 0.3) is 0 Å². The molecule has 2 rings (SSSR count). The van der Waals surface area contributed by atoms with Gasteiger partial charge in [-0.15, -0.1) is 0 Å². The third kappa shape index (κ3) is 3.41. The number of esters is 1. The second-order valence-electron chi connectivity index (χ2n) is 4.90. The van der Waals surface area contributed by atoms with Gasteiger partial charge in [-0.25, -0.2) is 4.79 Å². The molecule has 0 atom stereocenters. The first kappa shape index (κ1) is 16.8. The first-order valence-corrected chi connectivity index (χ1v) is 7.80. The molecule has 2 N–H and O–H groups in total. The largest absolute Gasteiger partial charge is 0.466 e.